The van der Waals surface area contributed by atoms with Crippen LogP contribution in [0.3, 0.4) is 0 Å². The van der Waals surface area contributed by atoms with E-state index >= 15 is 0 Å². The smallest absolute Gasteiger partial charge is 0.130 e. The van der Waals surface area contributed by atoms with Crippen molar-refractivity contribution < 1.29 is 4.74 Å². The highest BCUT2D eigenvalue weighted by Gasteiger charge is 2.02. The maximum atomic E-state index is 5.85. The zero-order chi connectivity index (χ0) is 12.4. The van der Waals surface area contributed by atoms with Crippen molar-refractivity contribution in [3.05, 3.63) is 60.4 Å². The summed E-state index contributed by atoms with van der Waals surface area (Å²) in [4.78, 5) is 8.49. The average molecular weight is 236 g/mol. The summed E-state index contributed by atoms with van der Waals surface area (Å²) < 4.78 is 5.85. The lowest BCUT2D eigenvalue weighted by molar-refractivity contribution is 0.479. The molecular formula is C15H12N2O. The highest BCUT2D eigenvalue weighted by Crippen LogP contribution is 2.26. The van der Waals surface area contributed by atoms with Gasteiger partial charge >= 0.3 is 0 Å². The van der Waals surface area contributed by atoms with Crippen molar-refractivity contribution in [2.75, 3.05) is 0 Å². The minimum atomic E-state index is 0.775. The molecule has 0 aliphatic heterocycles. The highest BCUT2D eigenvalue weighted by molar-refractivity contribution is 5.75. The fourth-order valence-corrected chi connectivity index (χ4v) is 1.80. The van der Waals surface area contributed by atoms with Crippen molar-refractivity contribution in [2.24, 2.45) is 0 Å². The molecule has 1 aromatic heterocycles. The molecule has 3 rings (SSSR count). The summed E-state index contributed by atoms with van der Waals surface area (Å²) in [6.45, 7) is 2.02. The van der Waals surface area contributed by atoms with Gasteiger partial charge in [0.05, 0.1) is 11.0 Å². The molecule has 88 valence electrons. The van der Waals surface area contributed by atoms with Gasteiger partial charge in [0, 0.05) is 18.5 Å². The second-order valence-corrected chi connectivity index (χ2v) is 4.07. The number of aryl methyl sites for hydroxylation is 1. The van der Waals surface area contributed by atoms with E-state index in [0.29, 0.717) is 0 Å². The molecule has 0 bridgehead atoms. The predicted octanol–water partition coefficient (Wildman–Crippen LogP) is 3.73. The van der Waals surface area contributed by atoms with E-state index in [1.807, 2.05) is 49.4 Å². The Kier molecular flexibility index (Phi) is 2.65. The van der Waals surface area contributed by atoms with E-state index in [0.717, 1.165) is 28.1 Å². The molecule has 0 saturated heterocycles. The second kappa shape index (κ2) is 4.45. The molecule has 0 aliphatic rings. The van der Waals surface area contributed by atoms with Crippen molar-refractivity contribution in [3.8, 4) is 11.5 Å². The molecule has 0 radical (unpaired) electrons. The standard InChI is InChI=1S/C15H12N2O/c1-11-4-2-3-5-15(11)18-12-6-7-13-14(10-12)17-9-8-16-13/h2-10H,1H3. The largest absolute Gasteiger partial charge is 0.457 e. The first-order chi connectivity index (χ1) is 8.83. The molecule has 0 amide bonds. The van der Waals surface area contributed by atoms with Crippen LogP contribution >= 0.6 is 0 Å². The van der Waals surface area contributed by atoms with Crippen LogP contribution in [0.1, 0.15) is 5.56 Å². The van der Waals surface area contributed by atoms with Crippen molar-refractivity contribution >= 4 is 11.0 Å². The quantitative estimate of drug-likeness (QED) is 0.680. The third kappa shape index (κ3) is 2.02. The third-order valence-electron chi connectivity index (χ3n) is 2.76. The minimum Gasteiger partial charge on any atom is -0.457 e. The van der Waals surface area contributed by atoms with Crippen LogP contribution in [0.5, 0.6) is 11.5 Å². The molecule has 2 aromatic carbocycles. The van der Waals surface area contributed by atoms with Crippen LogP contribution in [0.25, 0.3) is 11.0 Å². The number of rotatable bonds is 2. The van der Waals surface area contributed by atoms with Gasteiger partial charge in [-0.25, -0.2) is 0 Å². The molecule has 0 spiro atoms. The van der Waals surface area contributed by atoms with E-state index in [1.165, 1.54) is 0 Å². The summed E-state index contributed by atoms with van der Waals surface area (Å²) in [5.41, 5.74) is 2.81. The minimum absolute atomic E-state index is 0.775. The normalized spacial score (nSPS) is 10.5. The first-order valence-electron chi connectivity index (χ1n) is 5.77. The van der Waals surface area contributed by atoms with Crippen LogP contribution in [0.2, 0.25) is 0 Å². The maximum Gasteiger partial charge on any atom is 0.130 e. The van der Waals surface area contributed by atoms with Gasteiger partial charge < -0.3 is 4.74 Å². The molecule has 0 atom stereocenters. The maximum absolute atomic E-state index is 5.85. The lowest BCUT2D eigenvalue weighted by atomic mass is 10.2. The number of benzene rings is 2. The van der Waals surface area contributed by atoms with Crippen LogP contribution in [0, 0.1) is 6.92 Å². The topological polar surface area (TPSA) is 35.0 Å². The number of para-hydroxylation sites is 1. The van der Waals surface area contributed by atoms with E-state index in [4.69, 9.17) is 4.74 Å². The summed E-state index contributed by atoms with van der Waals surface area (Å²) in [6, 6.07) is 13.7. The summed E-state index contributed by atoms with van der Waals surface area (Å²) in [7, 11) is 0. The SMILES string of the molecule is Cc1ccccc1Oc1ccc2nccnc2c1. The van der Waals surface area contributed by atoms with E-state index in [9.17, 15) is 0 Å². The van der Waals surface area contributed by atoms with Crippen LogP contribution in [0.4, 0.5) is 0 Å². The number of fused-ring (bicyclic) bond motifs is 1. The monoisotopic (exact) mass is 236 g/mol. The Bertz CT molecular complexity index is 695. The predicted molar refractivity (Wildman–Crippen MR) is 70.8 cm³/mol. The van der Waals surface area contributed by atoms with E-state index in [-0.39, 0.29) is 0 Å². The molecule has 0 N–H and O–H groups in total. The Balaban J connectivity index is 1.98. The lowest BCUT2D eigenvalue weighted by Crippen LogP contribution is -1.88. The lowest BCUT2D eigenvalue weighted by Gasteiger charge is -2.08. The summed E-state index contributed by atoms with van der Waals surface area (Å²) >= 11 is 0. The molecular weight excluding hydrogens is 224 g/mol. The number of hydrogen-bond acceptors (Lipinski definition) is 3. The van der Waals surface area contributed by atoms with Crippen molar-refractivity contribution in [1.82, 2.24) is 9.97 Å². The molecule has 0 unspecified atom stereocenters. The van der Waals surface area contributed by atoms with Crippen molar-refractivity contribution in [3.63, 3.8) is 0 Å². The van der Waals surface area contributed by atoms with E-state index < -0.39 is 0 Å². The average Bonchev–Trinajstić information content (AvgIpc) is 2.41. The van der Waals surface area contributed by atoms with Gasteiger partial charge in [-0.2, -0.15) is 0 Å². The van der Waals surface area contributed by atoms with Gasteiger partial charge in [0.1, 0.15) is 11.5 Å². The number of ether oxygens (including phenoxy) is 1. The van der Waals surface area contributed by atoms with E-state index in [2.05, 4.69) is 9.97 Å². The molecule has 0 saturated carbocycles. The molecule has 18 heavy (non-hydrogen) atoms. The fourth-order valence-electron chi connectivity index (χ4n) is 1.80. The molecule has 3 nitrogen and oxygen atoms in total. The molecule has 3 heteroatoms. The molecule has 3 aromatic rings. The Labute approximate surface area is 105 Å². The van der Waals surface area contributed by atoms with Crippen LogP contribution in [-0.2, 0) is 0 Å². The van der Waals surface area contributed by atoms with Gasteiger partial charge in [0.25, 0.3) is 0 Å². The third-order valence-corrected chi connectivity index (χ3v) is 2.76. The zero-order valence-corrected chi connectivity index (χ0v) is 10.00. The van der Waals surface area contributed by atoms with Crippen LogP contribution in [-0.4, -0.2) is 9.97 Å². The molecule has 1 heterocycles. The first-order valence-corrected chi connectivity index (χ1v) is 5.77. The molecule has 0 fully saturated rings. The van der Waals surface area contributed by atoms with Gasteiger partial charge in [-0.05, 0) is 30.7 Å². The highest BCUT2D eigenvalue weighted by atomic mass is 16.5. The Morgan fingerprint density at radius 2 is 1.67 bits per heavy atom. The number of aromatic nitrogens is 2. The van der Waals surface area contributed by atoms with Gasteiger partial charge in [0.2, 0.25) is 0 Å². The van der Waals surface area contributed by atoms with Gasteiger partial charge in [-0.3, -0.25) is 9.97 Å². The summed E-state index contributed by atoms with van der Waals surface area (Å²) in [6.07, 6.45) is 3.37. The van der Waals surface area contributed by atoms with Crippen molar-refractivity contribution in [2.45, 2.75) is 6.92 Å². The van der Waals surface area contributed by atoms with E-state index in [1.54, 1.807) is 12.4 Å². The molecule has 0 aliphatic carbocycles. The first kappa shape index (κ1) is 10.7. The van der Waals surface area contributed by atoms with Crippen LogP contribution in [0.15, 0.2) is 54.9 Å². The zero-order valence-electron chi connectivity index (χ0n) is 10.00. The summed E-state index contributed by atoms with van der Waals surface area (Å²) in [5.74, 6) is 1.64. The van der Waals surface area contributed by atoms with Crippen molar-refractivity contribution in [1.29, 1.82) is 0 Å². The van der Waals surface area contributed by atoms with Crippen LogP contribution < -0.4 is 4.74 Å². The summed E-state index contributed by atoms with van der Waals surface area (Å²) in [5, 5.41) is 0. The second-order valence-electron chi connectivity index (χ2n) is 4.07. The number of nitrogens with zero attached hydrogens (tertiary/aromatic N) is 2. The Morgan fingerprint density at radius 3 is 2.50 bits per heavy atom. The van der Waals surface area contributed by atoms with Gasteiger partial charge in [-0.15, -0.1) is 0 Å². The fraction of sp³-hybridized carbons (Fsp3) is 0.0667. The Morgan fingerprint density at radius 1 is 0.889 bits per heavy atom. The van der Waals surface area contributed by atoms with Gasteiger partial charge in [0.15, 0.2) is 0 Å². The number of hydrogen-bond donors (Lipinski definition) is 0. The van der Waals surface area contributed by atoms with Gasteiger partial charge in [-0.1, -0.05) is 18.2 Å². The Hall–Kier alpha value is -2.42.